The Morgan fingerprint density at radius 2 is 1.90 bits per heavy atom. The van der Waals surface area contributed by atoms with Crippen LogP contribution in [0.25, 0.3) is 0 Å². The molecule has 1 rings (SSSR count). The van der Waals surface area contributed by atoms with Crippen molar-refractivity contribution in [1.82, 2.24) is 4.72 Å². The van der Waals surface area contributed by atoms with Crippen LogP contribution in [0.4, 0.5) is 0 Å². The van der Waals surface area contributed by atoms with Crippen molar-refractivity contribution in [3.05, 3.63) is 29.8 Å². The van der Waals surface area contributed by atoms with Gasteiger partial charge in [0.2, 0.25) is 15.9 Å². The molecule has 1 aromatic carbocycles. The summed E-state index contributed by atoms with van der Waals surface area (Å²) >= 11 is 0. The zero-order chi connectivity index (χ0) is 16.1. The topological polar surface area (TPSA) is 109 Å². The van der Waals surface area contributed by atoms with Gasteiger partial charge in [-0.2, -0.15) is 0 Å². The van der Waals surface area contributed by atoms with Gasteiger partial charge in [0, 0.05) is 12.1 Å². The fourth-order valence-corrected chi connectivity index (χ4v) is 2.52. The summed E-state index contributed by atoms with van der Waals surface area (Å²) in [6.07, 6.45) is 0. The maximum atomic E-state index is 12.1. The number of hydrogen-bond donors (Lipinski definition) is 3. The van der Waals surface area contributed by atoms with Crippen molar-refractivity contribution in [2.45, 2.75) is 18.7 Å². The van der Waals surface area contributed by atoms with E-state index in [1.54, 1.807) is 13.8 Å². The van der Waals surface area contributed by atoms with Gasteiger partial charge in [-0.3, -0.25) is 4.79 Å². The molecule has 7 heteroatoms. The molecular weight excluding hydrogens is 292 g/mol. The number of nitrogens with one attached hydrogen (secondary N) is 1. The number of primary amides is 1. The Bertz CT molecular complexity index is 667. The minimum Gasteiger partial charge on any atom is -0.384 e. The highest BCUT2D eigenvalue weighted by molar-refractivity contribution is 7.89. The van der Waals surface area contributed by atoms with Gasteiger partial charge in [0.1, 0.15) is 6.61 Å². The fourth-order valence-electron chi connectivity index (χ4n) is 1.30. The third kappa shape index (κ3) is 4.86. The zero-order valence-corrected chi connectivity index (χ0v) is 12.7. The van der Waals surface area contributed by atoms with Crippen LogP contribution in [0.5, 0.6) is 0 Å². The van der Waals surface area contributed by atoms with Crippen molar-refractivity contribution < 1.29 is 18.3 Å². The Morgan fingerprint density at radius 1 is 1.33 bits per heavy atom. The average molecular weight is 310 g/mol. The van der Waals surface area contributed by atoms with E-state index in [-0.39, 0.29) is 18.0 Å². The molecule has 0 heterocycles. The summed E-state index contributed by atoms with van der Waals surface area (Å²) in [4.78, 5) is 11.2. The van der Waals surface area contributed by atoms with Crippen molar-refractivity contribution in [2.75, 3.05) is 13.2 Å². The molecule has 21 heavy (non-hydrogen) atoms. The molecule has 1 amide bonds. The van der Waals surface area contributed by atoms with E-state index in [9.17, 15) is 13.2 Å². The summed E-state index contributed by atoms with van der Waals surface area (Å²) in [5, 5.41) is 8.59. The van der Waals surface area contributed by atoms with Crippen molar-refractivity contribution in [1.29, 1.82) is 0 Å². The summed E-state index contributed by atoms with van der Waals surface area (Å²) < 4.78 is 26.5. The van der Waals surface area contributed by atoms with Gasteiger partial charge in [-0.25, -0.2) is 13.1 Å². The lowest BCUT2D eigenvalue weighted by Crippen LogP contribution is -2.42. The summed E-state index contributed by atoms with van der Waals surface area (Å²) in [6.45, 7) is 2.78. The first-order chi connectivity index (χ1) is 9.69. The number of carbonyl (C=O) groups is 1. The zero-order valence-electron chi connectivity index (χ0n) is 11.9. The number of aliphatic hydroxyl groups excluding tert-OH is 1. The molecular formula is C14H18N2O4S. The second kappa shape index (κ2) is 6.72. The Balaban J connectivity index is 2.86. The van der Waals surface area contributed by atoms with Crippen LogP contribution < -0.4 is 10.5 Å². The van der Waals surface area contributed by atoms with Gasteiger partial charge in [-0.15, -0.1) is 0 Å². The molecule has 0 spiro atoms. The quantitative estimate of drug-likeness (QED) is 0.655. The number of sulfonamides is 1. The van der Waals surface area contributed by atoms with E-state index in [4.69, 9.17) is 10.8 Å². The molecule has 0 unspecified atom stereocenters. The molecule has 0 atom stereocenters. The standard InChI is InChI=1S/C14H18N2O4S/c1-14(2,13(15)18)10-16-21(19,20)12-7-5-11(6-8-12)4-3-9-17/h5-8,16-17H,9-10H2,1-2H3,(H2,15,18). The monoisotopic (exact) mass is 310 g/mol. The van der Waals surface area contributed by atoms with Crippen LogP contribution >= 0.6 is 0 Å². The van der Waals surface area contributed by atoms with Crippen LogP contribution in [0, 0.1) is 17.3 Å². The molecule has 114 valence electrons. The highest BCUT2D eigenvalue weighted by atomic mass is 32.2. The third-order valence-electron chi connectivity index (χ3n) is 2.85. The normalized spacial score (nSPS) is 11.6. The summed E-state index contributed by atoms with van der Waals surface area (Å²) in [7, 11) is -3.72. The number of nitrogens with two attached hydrogens (primary N) is 1. The van der Waals surface area contributed by atoms with Crippen molar-refractivity contribution in [3.63, 3.8) is 0 Å². The minimum atomic E-state index is -3.72. The highest BCUT2D eigenvalue weighted by Crippen LogP contribution is 2.15. The Morgan fingerprint density at radius 3 is 2.38 bits per heavy atom. The van der Waals surface area contributed by atoms with Crippen LogP contribution in [-0.4, -0.2) is 32.6 Å². The Hall–Kier alpha value is -1.88. The van der Waals surface area contributed by atoms with Crippen LogP contribution in [0.15, 0.2) is 29.2 Å². The number of carbonyl (C=O) groups excluding carboxylic acids is 1. The van der Waals surface area contributed by atoms with Gasteiger partial charge in [-0.1, -0.05) is 11.8 Å². The molecule has 0 radical (unpaired) electrons. The van der Waals surface area contributed by atoms with Crippen LogP contribution in [0.3, 0.4) is 0 Å². The smallest absolute Gasteiger partial charge is 0.240 e. The molecule has 1 aromatic rings. The average Bonchev–Trinajstić information content (AvgIpc) is 2.43. The summed E-state index contributed by atoms with van der Waals surface area (Å²) in [5.41, 5.74) is 4.82. The fraction of sp³-hybridized carbons (Fsp3) is 0.357. The summed E-state index contributed by atoms with van der Waals surface area (Å²) in [6, 6.07) is 5.88. The number of aliphatic hydroxyl groups is 1. The SMILES string of the molecule is CC(C)(CNS(=O)(=O)c1ccc(C#CCO)cc1)C(N)=O. The Labute approximate surface area is 124 Å². The second-order valence-electron chi connectivity index (χ2n) is 5.06. The lowest BCUT2D eigenvalue weighted by molar-refractivity contribution is -0.125. The molecule has 6 nitrogen and oxygen atoms in total. The maximum Gasteiger partial charge on any atom is 0.240 e. The van der Waals surface area contributed by atoms with E-state index in [1.165, 1.54) is 24.3 Å². The van der Waals surface area contributed by atoms with Gasteiger partial charge in [0.05, 0.1) is 10.3 Å². The molecule has 0 fully saturated rings. The van der Waals surface area contributed by atoms with Crippen LogP contribution in [0.1, 0.15) is 19.4 Å². The molecule has 0 aliphatic heterocycles. The van der Waals surface area contributed by atoms with Gasteiger partial charge in [0.15, 0.2) is 0 Å². The molecule has 4 N–H and O–H groups in total. The highest BCUT2D eigenvalue weighted by Gasteiger charge is 2.27. The minimum absolute atomic E-state index is 0.0670. The van der Waals surface area contributed by atoms with E-state index in [1.807, 2.05) is 0 Å². The number of benzene rings is 1. The van der Waals surface area contributed by atoms with Gasteiger partial charge < -0.3 is 10.8 Å². The number of hydrogen-bond acceptors (Lipinski definition) is 4. The van der Waals surface area contributed by atoms with E-state index >= 15 is 0 Å². The summed E-state index contributed by atoms with van der Waals surface area (Å²) in [5.74, 6) is 4.55. The maximum absolute atomic E-state index is 12.1. The van der Waals surface area contributed by atoms with E-state index in [0.29, 0.717) is 5.56 Å². The first-order valence-electron chi connectivity index (χ1n) is 6.18. The van der Waals surface area contributed by atoms with E-state index < -0.39 is 21.3 Å². The number of rotatable bonds is 5. The molecule has 0 aromatic heterocycles. The predicted octanol–water partition coefficient (Wildman–Crippen LogP) is -0.180. The first kappa shape index (κ1) is 17.2. The number of amides is 1. The molecule has 0 saturated carbocycles. The largest absolute Gasteiger partial charge is 0.384 e. The van der Waals surface area contributed by atoms with Gasteiger partial charge >= 0.3 is 0 Å². The second-order valence-corrected chi connectivity index (χ2v) is 6.82. The van der Waals surface area contributed by atoms with E-state index in [2.05, 4.69) is 16.6 Å². The Kier molecular flexibility index (Phi) is 5.49. The molecule has 0 aliphatic rings. The van der Waals surface area contributed by atoms with Crippen molar-refractivity contribution in [3.8, 4) is 11.8 Å². The van der Waals surface area contributed by atoms with Crippen LogP contribution in [-0.2, 0) is 14.8 Å². The van der Waals surface area contributed by atoms with Gasteiger partial charge in [0.25, 0.3) is 0 Å². The lowest BCUT2D eigenvalue weighted by Gasteiger charge is -2.20. The first-order valence-corrected chi connectivity index (χ1v) is 7.67. The van der Waals surface area contributed by atoms with Crippen molar-refractivity contribution >= 4 is 15.9 Å². The lowest BCUT2D eigenvalue weighted by atomic mass is 9.93. The van der Waals surface area contributed by atoms with Crippen LogP contribution in [0.2, 0.25) is 0 Å². The predicted molar refractivity (Wildman–Crippen MR) is 78.6 cm³/mol. The molecule has 0 saturated heterocycles. The van der Waals surface area contributed by atoms with Crippen molar-refractivity contribution in [2.24, 2.45) is 11.1 Å². The van der Waals surface area contributed by atoms with E-state index in [0.717, 1.165) is 0 Å². The third-order valence-corrected chi connectivity index (χ3v) is 4.26. The van der Waals surface area contributed by atoms with Gasteiger partial charge in [-0.05, 0) is 38.1 Å². The molecule has 0 bridgehead atoms. The molecule has 0 aliphatic carbocycles.